The molecule has 0 bridgehead atoms. The van der Waals surface area contributed by atoms with Gasteiger partial charge in [0.15, 0.2) is 0 Å². The number of esters is 1. The summed E-state index contributed by atoms with van der Waals surface area (Å²) in [5.74, 6) is -1.67. The van der Waals surface area contributed by atoms with Gasteiger partial charge in [0.05, 0.1) is 23.6 Å². The standard InChI is InChI=1S/C22H23N3O5/c1-11-5-6-14-9-15(21(26)25-19(14)12(11)2)18-16(10-23)20(24)30-13(3)17(18)22(27)29-8-7-28-4/h5-6,9,18H,7-8,24H2,1-4H3,(H,25,26)/t18-/m1/s1. The quantitative estimate of drug-likeness (QED) is 0.573. The van der Waals surface area contributed by atoms with Gasteiger partial charge in [-0.15, -0.1) is 0 Å². The van der Waals surface area contributed by atoms with Gasteiger partial charge in [-0.3, -0.25) is 4.79 Å². The van der Waals surface area contributed by atoms with Crippen LogP contribution in [0.15, 0.2) is 45.8 Å². The Kier molecular flexibility index (Phi) is 5.94. The molecule has 0 amide bonds. The SMILES string of the molecule is COCCOC(=O)C1=C(C)OC(N)=C(C#N)[C@H]1c1cc2ccc(C)c(C)c2[nH]c1=O. The molecule has 156 valence electrons. The Balaban J connectivity index is 2.20. The third-order valence-electron chi connectivity index (χ3n) is 5.24. The fourth-order valence-electron chi connectivity index (χ4n) is 3.51. The van der Waals surface area contributed by atoms with E-state index in [-0.39, 0.29) is 41.6 Å². The minimum absolute atomic E-state index is 0.0203. The molecule has 0 spiro atoms. The predicted molar refractivity (Wildman–Crippen MR) is 110 cm³/mol. The highest BCUT2D eigenvalue weighted by Gasteiger charge is 2.38. The minimum atomic E-state index is -1.01. The zero-order valence-corrected chi connectivity index (χ0v) is 17.3. The van der Waals surface area contributed by atoms with E-state index in [0.717, 1.165) is 16.5 Å². The van der Waals surface area contributed by atoms with Crippen LogP contribution >= 0.6 is 0 Å². The van der Waals surface area contributed by atoms with Gasteiger partial charge in [0.1, 0.15) is 24.0 Å². The average molecular weight is 409 g/mol. The zero-order chi connectivity index (χ0) is 22.0. The van der Waals surface area contributed by atoms with Crippen LogP contribution in [0.3, 0.4) is 0 Å². The molecular formula is C22H23N3O5. The van der Waals surface area contributed by atoms with Gasteiger partial charge in [-0.2, -0.15) is 5.26 Å². The van der Waals surface area contributed by atoms with E-state index < -0.39 is 17.4 Å². The lowest BCUT2D eigenvalue weighted by Crippen LogP contribution is -2.29. The first kappa shape index (κ1) is 21.1. The number of nitrogens with one attached hydrogen (secondary N) is 1. The van der Waals surface area contributed by atoms with E-state index in [1.54, 1.807) is 13.0 Å². The summed E-state index contributed by atoms with van der Waals surface area (Å²) in [6, 6.07) is 7.48. The Morgan fingerprint density at radius 1 is 1.30 bits per heavy atom. The summed E-state index contributed by atoms with van der Waals surface area (Å²) in [5.41, 5.74) is 8.44. The normalized spacial score (nSPS) is 16.4. The monoisotopic (exact) mass is 409 g/mol. The van der Waals surface area contributed by atoms with Crippen LogP contribution in [0.25, 0.3) is 10.9 Å². The maximum Gasteiger partial charge on any atom is 0.338 e. The lowest BCUT2D eigenvalue weighted by molar-refractivity contribution is -0.140. The second-order valence-corrected chi connectivity index (χ2v) is 7.05. The summed E-state index contributed by atoms with van der Waals surface area (Å²) in [6.07, 6.45) is 0. The number of pyridine rings is 1. The lowest BCUT2D eigenvalue weighted by atomic mass is 9.83. The fourth-order valence-corrected chi connectivity index (χ4v) is 3.51. The second kappa shape index (κ2) is 8.43. The summed E-state index contributed by atoms with van der Waals surface area (Å²) < 4.78 is 15.6. The maximum atomic E-state index is 13.0. The number of aromatic nitrogens is 1. The highest BCUT2D eigenvalue weighted by atomic mass is 16.6. The van der Waals surface area contributed by atoms with E-state index in [2.05, 4.69) is 4.98 Å². The molecule has 0 saturated heterocycles. The molecule has 1 aromatic heterocycles. The number of carbonyl (C=O) groups is 1. The predicted octanol–water partition coefficient (Wildman–Crippen LogP) is 2.42. The largest absolute Gasteiger partial charge is 0.460 e. The van der Waals surface area contributed by atoms with Crippen LogP contribution in [0.2, 0.25) is 0 Å². The smallest absolute Gasteiger partial charge is 0.338 e. The molecule has 3 rings (SSSR count). The first-order chi connectivity index (χ1) is 14.3. The third-order valence-corrected chi connectivity index (χ3v) is 5.24. The molecule has 1 aliphatic heterocycles. The van der Waals surface area contributed by atoms with Crippen molar-refractivity contribution in [2.24, 2.45) is 5.73 Å². The number of hydrogen-bond acceptors (Lipinski definition) is 7. The van der Waals surface area contributed by atoms with Gasteiger partial charge < -0.3 is 24.9 Å². The number of methoxy groups -OCH3 is 1. The van der Waals surface area contributed by atoms with Gasteiger partial charge in [-0.25, -0.2) is 4.79 Å². The molecule has 0 unspecified atom stereocenters. The van der Waals surface area contributed by atoms with Crippen molar-refractivity contribution in [3.8, 4) is 6.07 Å². The number of carbonyl (C=O) groups excluding carboxylic acids is 1. The first-order valence-electron chi connectivity index (χ1n) is 9.37. The molecule has 8 heteroatoms. The molecule has 30 heavy (non-hydrogen) atoms. The summed E-state index contributed by atoms with van der Waals surface area (Å²) in [5, 5.41) is 10.5. The second-order valence-electron chi connectivity index (χ2n) is 7.05. The summed E-state index contributed by atoms with van der Waals surface area (Å²) in [4.78, 5) is 28.7. The van der Waals surface area contributed by atoms with Crippen LogP contribution in [-0.4, -0.2) is 31.3 Å². The molecule has 8 nitrogen and oxygen atoms in total. The van der Waals surface area contributed by atoms with E-state index in [9.17, 15) is 14.9 Å². The molecule has 0 saturated carbocycles. The molecule has 2 heterocycles. The number of hydrogen-bond donors (Lipinski definition) is 2. The third kappa shape index (κ3) is 3.67. The van der Waals surface area contributed by atoms with Crippen molar-refractivity contribution >= 4 is 16.9 Å². The van der Waals surface area contributed by atoms with Crippen LogP contribution in [0, 0.1) is 25.2 Å². The Bertz CT molecular complexity index is 1180. The zero-order valence-electron chi connectivity index (χ0n) is 17.3. The Morgan fingerprint density at radius 2 is 2.03 bits per heavy atom. The fraction of sp³-hybridized carbons (Fsp3) is 0.318. The number of aryl methyl sites for hydroxylation is 2. The van der Waals surface area contributed by atoms with Crippen LogP contribution < -0.4 is 11.3 Å². The number of rotatable bonds is 5. The highest BCUT2D eigenvalue weighted by molar-refractivity contribution is 5.93. The van der Waals surface area contributed by atoms with E-state index in [1.165, 1.54) is 7.11 Å². The summed E-state index contributed by atoms with van der Waals surface area (Å²) in [7, 11) is 1.49. The van der Waals surface area contributed by atoms with E-state index >= 15 is 0 Å². The van der Waals surface area contributed by atoms with Crippen molar-refractivity contribution < 1.29 is 19.0 Å². The lowest BCUT2D eigenvalue weighted by Gasteiger charge is -2.26. The topological polar surface area (TPSA) is 127 Å². The van der Waals surface area contributed by atoms with E-state index in [1.807, 2.05) is 32.0 Å². The van der Waals surface area contributed by atoms with Gasteiger partial charge in [0.2, 0.25) is 5.88 Å². The van der Waals surface area contributed by atoms with Gasteiger partial charge in [-0.1, -0.05) is 12.1 Å². The van der Waals surface area contributed by atoms with Crippen molar-refractivity contribution in [3.63, 3.8) is 0 Å². The maximum absolute atomic E-state index is 13.0. The number of H-pyrrole nitrogens is 1. The molecular weight excluding hydrogens is 386 g/mol. The van der Waals surface area contributed by atoms with E-state index in [4.69, 9.17) is 19.9 Å². The number of aromatic amines is 1. The highest BCUT2D eigenvalue weighted by Crippen LogP contribution is 2.39. The molecule has 1 aromatic carbocycles. The Labute approximate surface area is 173 Å². The van der Waals surface area contributed by atoms with Crippen LogP contribution in [-0.2, 0) is 19.0 Å². The van der Waals surface area contributed by atoms with Crippen molar-refractivity contribution in [3.05, 3.63) is 68.0 Å². The van der Waals surface area contributed by atoms with Gasteiger partial charge in [0, 0.05) is 12.7 Å². The number of nitrogens with two attached hydrogens (primary N) is 1. The van der Waals surface area contributed by atoms with Crippen molar-refractivity contribution in [2.45, 2.75) is 26.7 Å². The minimum Gasteiger partial charge on any atom is -0.460 e. The van der Waals surface area contributed by atoms with Crippen LogP contribution in [0.1, 0.15) is 29.5 Å². The van der Waals surface area contributed by atoms with E-state index in [0.29, 0.717) is 5.52 Å². The molecule has 3 N–H and O–H groups in total. The number of benzene rings is 1. The van der Waals surface area contributed by atoms with Crippen LogP contribution in [0.5, 0.6) is 0 Å². The molecule has 0 aliphatic carbocycles. The van der Waals surface area contributed by atoms with Crippen LogP contribution in [0.4, 0.5) is 0 Å². The van der Waals surface area contributed by atoms with Crippen molar-refractivity contribution in [1.82, 2.24) is 4.98 Å². The van der Waals surface area contributed by atoms with Gasteiger partial charge in [-0.05, 0) is 43.4 Å². The molecule has 1 aliphatic rings. The Hall–Kier alpha value is -3.57. The van der Waals surface area contributed by atoms with Crippen molar-refractivity contribution in [1.29, 1.82) is 5.26 Å². The number of nitriles is 1. The molecule has 0 radical (unpaired) electrons. The average Bonchev–Trinajstić information content (AvgIpc) is 2.70. The number of nitrogens with zero attached hydrogens (tertiary/aromatic N) is 1. The number of allylic oxidation sites excluding steroid dienone is 2. The number of fused-ring (bicyclic) bond motifs is 1. The van der Waals surface area contributed by atoms with Gasteiger partial charge in [0.25, 0.3) is 5.56 Å². The number of ether oxygens (including phenoxy) is 3. The van der Waals surface area contributed by atoms with Gasteiger partial charge >= 0.3 is 5.97 Å². The summed E-state index contributed by atoms with van der Waals surface area (Å²) >= 11 is 0. The molecule has 1 atom stereocenters. The first-order valence-corrected chi connectivity index (χ1v) is 9.37. The van der Waals surface area contributed by atoms with Crippen molar-refractivity contribution in [2.75, 3.05) is 20.3 Å². The molecule has 2 aromatic rings. The summed E-state index contributed by atoms with van der Waals surface area (Å²) in [6.45, 7) is 5.65. The Morgan fingerprint density at radius 3 is 2.70 bits per heavy atom. The molecule has 0 fully saturated rings.